The minimum Gasteiger partial charge on any atom is -0.467 e. The molecule has 0 bridgehead atoms. The zero-order chi connectivity index (χ0) is 10.4. The summed E-state index contributed by atoms with van der Waals surface area (Å²) < 4.78 is 5.08. The lowest BCUT2D eigenvalue weighted by Gasteiger charge is -2.11. The van der Waals surface area contributed by atoms with E-state index in [0.717, 1.165) is 12.2 Å². The molecule has 1 amide bonds. The van der Waals surface area contributed by atoms with Gasteiger partial charge in [0.05, 0.1) is 12.8 Å². The van der Waals surface area contributed by atoms with Crippen LogP contribution in [-0.4, -0.2) is 12.5 Å². The van der Waals surface area contributed by atoms with E-state index in [9.17, 15) is 4.79 Å². The molecular weight excluding hydrogens is 180 g/mol. The number of hydrogen-bond donors (Lipinski definition) is 2. The lowest BCUT2D eigenvalue weighted by atomic mass is 10.1. The van der Waals surface area contributed by atoms with Crippen LogP contribution in [0.3, 0.4) is 0 Å². The Hall–Kier alpha value is -1.29. The van der Waals surface area contributed by atoms with Gasteiger partial charge < -0.3 is 15.5 Å². The van der Waals surface area contributed by atoms with Crippen LogP contribution in [-0.2, 0) is 11.3 Å². The number of nitrogens with two attached hydrogens (primary N) is 1. The van der Waals surface area contributed by atoms with Gasteiger partial charge in [-0.25, -0.2) is 0 Å². The molecule has 4 heteroatoms. The van der Waals surface area contributed by atoms with Gasteiger partial charge in [-0.05, 0) is 18.6 Å². The van der Waals surface area contributed by atoms with Gasteiger partial charge in [0.15, 0.2) is 0 Å². The zero-order valence-corrected chi connectivity index (χ0v) is 8.32. The summed E-state index contributed by atoms with van der Waals surface area (Å²) in [5.41, 5.74) is 5.45. The Morgan fingerprint density at radius 1 is 1.71 bits per heavy atom. The average molecular weight is 196 g/mol. The largest absolute Gasteiger partial charge is 0.467 e. The number of carbonyl (C=O) groups excluding carboxylic acids is 1. The summed E-state index contributed by atoms with van der Waals surface area (Å²) in [6.07, 6.45) is 2.35. The highest BCUT2D eigenvalue weighted by atomic mass is 16.3. The molecule has 0 radical (unpaired) electrons. The first-order chi connectivity index (χ1) is 6.77. The van der Waals surface area contributed by atoms with Crippen LogP contribution in [0.15, 0.2) is 22.8 Å². The van der Waals surface area contributed by atoms with E-state index in [0.29, 0.717) is 13.1 Å². The van der Waals surface area contributed by atoms with Crippen LogP contribution >= 0.6 is 0 Å². The van der Waals surface area contributed by atoms with E-state index < -0.39 is 0 Å². The molecule has 1 atom stereocenters. The molecular formula is C10H16N2O2. The molecule has 0 aliphatic heterocycles. The van der Waals surface area contributed by atoms with Crippen molar-refractivity contribution in [1.29, 1.82) is 0 Å². The lowest BCUT2D eigenvalue weighted by molar-refractivity contribution is -0.125. The topological polar surface area (TPSA) is 68.3 Å². The fourth-order valence-electron chi connectivity index (χ4n) is 1.19. The predicted octanol–water partition coefficient (Wildman–Crippen LogP) is 0.881. The van der Waals surface area contributed by atoms with Crippen molar-refractivity contribution in [3.05, 3.63) is 24.2 Å². The van der Waals surface area contributed by atoms with Gasteiger partial charge in [-0.1, -0.05) is 6.92 Å². The molecule has 3 N–H and O–H groups in total. The highest BCUT2D eigenvalue weighted by Crippen LogP contribution is 2.02. The van der Waals surface area contributed by atoms with Crippen molar-refractivity contribution in [3.8, 4) is 0 Å². The van der Waals surface area contributed by atoms with Crippen LogP contribution in [0.5, 0.6) is 0 Å². The maximum atomic E-state index is 11.5. The summed E-state index contributed by atoms with van der Waals surface area (Å²) in [5, 5.41) is 2.77. The van der Waals surface area contributed by atoms with Gasteiger partial charge in [0.2, 0.25) is 5.91 Å². The van der Waals surface area contributed by atoms with Crippen molar-refractivity contribution < 1.29 is 9.21 Å². The second-order valence-corrected chi connectivity index (χ2v) is 3.14. The van der Waals surface area contributed by atoms with Crippen molar-refractivity contribution >= 4 is 5.91 Å². The van der Waals surface area contributed by atoms with E-state index >= 15 is 0 Å². The smallest absolute Gasteiger partial charge is 0.224 e. The van der Waals surface area contributed by atoms with Gasteiger partial charge in [-0.15, -0.1) is 0 Å². The summed E-state index contributed by atoms with van der Waals surface area (Å²) in [7, 11) is 0. The van der Waals surface area contributed by atoms with Crippen LogP contribution in [0.25, 0.3) is 0 Å². The van der Waals surface area contributed by atoms with Crippen molar-refractivity contribution in [3.63, 3.8) is 0 Å². The normalized spacial score (nSPS) is 12.4. The van der Waals surface area contributed by atoms with Crippen molar-refractivity contribution in [2.24, 2.45) is 11.7 Å². The van der Waals surface area contributed by atoms with E-state index in [4.69, 9.17) is 10.2 Å². The third-order valence-corrected chi connectivity index (χ3v) is 2.17. The fraction of sp³-hybridized carbons (Fsp3) is 0.500. The number of amides is 1. The van der Waals surface area contributed by atoms with Gasteiger partial charge >= 0.3 is 0 Å². The molecule has 0 aliphatic rings. The molecule has 1 aromatic rings. The third kappa shape index (κ3) is 2.88. The molecule has 0 saturated heterocycles. The number of furan rings is 1. The zero-order valence-electron chi connectivity index (χ0n) is 8.32. The maximum Gasteiger partial charge on any atom is 0.224 e. The molecule has 1 unspecified atom stereocenters. The molecule has 0 fully saturated rings. The monoisotopic (exact) mass is 196 g/mol. The number of hydrogen-bond acceptors (Lipinski definition) is 3. The van der Waals surface area contributed by atoms with Crippen molar-refractivity contribution in [2.45, 2.75) is 19.9 Å². The van der Waals surface area contributed by atoms with Gasteiger partial charge in [0.1, 0.15) is 5.76 Å². The van der Waals surface area contributed by atoms with Crippen LogP contribution in [0.1, 0.15) is 19.1 Å². The number of carbonyl (C=O) groups is 1. The highest BCUT2D eigenvalue weighted by molar-refractivity contribution is 5.78. The van der Waals surface area contributed by atoms with Crippen LogP contribution in [0.4, 0.5) is 0 Å². The van der Waals surface area contributed by atoms with E-state index in [2.05, 4.69) is 5.32 Å². The third-order valence-electron chi connectivity index (χ3n) is 2.17. The van der Waals surface area contributed by atoms with Gasteiger partial charge in [0.25, 0.3) is 0 Å². The first kappa shape index (κ1) is 10.8. The maximum absolute atomic E-state index is 11.5. The molecule has 1 aromatic heterocycles. The minimum atomic E-state index is -0.0926. The number of nitrogens with one attached hydrogen (secondary N) is 1. The number of rotatable bonds is 5. The first-order valence-electron chi connectivity index (χ1n) is 4.78. The fourth-order valence-corrected chi connectivity index (χ4v) is 1.19. The summed E-state index contributed by atoms with van der Waals surface area (Å²) in [6, 6.07) is 3.62. The molecule has 1 rings (SSSR count). The Balaban J connectivity index is 2.34. The standard InChI is InChI=1S/C10H16N2O2/c1-2-8(6-11)10(13)12-7-9-4-3-5-14-9/h3-5,8H,2,6-7,11H2,1H3,(H,12,13). The molecule has 14 heavy (non-hydrogen) atoms. The van der Waals surface area contributed by atoms with Crippen LogP contribution < -0.4 is 11.1 Å². The Morgan fingerprint density at radius 3 is 3.00 bits per heavy atom. The Bertz CT molecular complexity index is 266. The molecule has 78 valence electrons. The summed E-state index contributed by atoms with van der Waals surface area (Å²) >= 11 is 0. The van der Waals surface area contributed by atoms with Gasteiger partial charge in [0, 0.05) is 12.5 Å². The molecule has 0 aliphatic carbocycles. The predicted molar refractivity (Wildman–Crippen MR) is 53.4 cm³/mol. The molecule has 1 heterocycles. The Morgan fingerprint density at radius 2 is 2.50 bits per heavy atom. The van der Waals surface area contributed by atoms with E-state index in [-0.39, 0.29) is 11.8 Å². The minimum absolute atomic E-state index is 0.00796. The SMILES string of the molecule is CCC(CN)C(=O)NCc1ccco1. The Kier molecular flexibility index (Phi) is 4.19. The lowest BCUT2D eigenvalue weighted by Crippen LogP contribution is -2.34. The Labute approximate surface area is 83.5 Å². The highest BCUT2D eigenvalue weighted by Gasteiger charge is 2.13. The van der Waals surface area contributed by atoms with E-state index in [1.165, 1.54) is 0 Å². The summed E-state index contributed by atoms with van der Waals surface area (Å²) in [5.74, 6) is 0.654. The second-order valence-electron chi connectivity index (χ2n) is 3.14. The van der Waals surface area contributed by atoms with Gasteiger partial charge in [-0.2, -0.15) is 0 Å². The molecule has 0 saturated carbocycles. The van der Waals surface area contributed by atoms with Gasteiger partial charge in [-0.3, -0.25) is 4.79 Å². The average Bonchev–Trinajstić information content (AvgIpc) is 2.69. The van der Waals surface area contributed by atoms with Crippen molar-refractivity contribution in [2.75, 3.05) is 6.54 Å². The first-order valence-corrected chi connectivity index (χ1v) is 4.78. The quantitative estimate of drug-likeness (QED) is 0.734. The second kappa shape index (κ2) is 5.44. The molecule has 0 aromatic carbocycles. The summed E-state index contributed by atoms with van der Waals surface area (Å²) in [4.78, 5) is 11.5. The summed E-state index contributed by atoms with van der Waals surface area (Å²) in [6.45, 7) is 2.77. The van der Waals surface area contributed by atoms with Crippen molar-refractivity contribution in [1.82, 2.24) is 5.32 Å². The molecule has 4 nitrogen and oxygen atoms in total. The molecule has 0 spiro atoms. The van der Waals surface area contributed by atoms with E-state index in [1.54, 1.807) is 12.3 Å². The van der Waals surface area contributed by atoms with Crippen LogP contribution in [0, 0.1) is 5.92 Å². The van der Waals surface area contributed by atoms with E-state index in [1.807, 2.05) is 13.0 Å². The van der Waals surface area contributed by atoms with Crippen LogP contribution in [0.2, 0.25) is 0 Å².